The molecule has 0 fully saturated rings. The summed E-state index contributed by atoms with van der Waals surface area (Å²) in [6, 6.07) is 9.88. The number of carbonyl (C=O) groups is 1. The van der Waals surface area contributed by atoms with E-state index < -0.39 is 0 Å². The van der Waals surface area contributed by atoms with E-state index in [2.05, 4.69) is 21.2 Å². The predicted octanol–water partition coefficient (Wildman–Crippen LogP) is 4.52. The lowest BCUT2D eigenvalue weighted by molar-refractivity contribution is 0.0933. The Hall–Kier alpha value is -1.88. The van der Waals surface area contributed by atoms with Crippen LogP contribution in [0.5, 0.6) is 0 Å². The molecule has 2 rings (SSSR count). The molecule has 0 radical (unpaired) electrons. The van der Waals surface area contributed by atoms with Crippen LogP contribution in [0.4, 0.5) is 0 Å². The molecule has 0 bridgehead atoms. The molecule has 0 unspecified atom stereocenters. The topological polar surface area (TPSA) is 51.1 Å². The van der Waals surface area contributed by atoms with E-state index in [-0.39, 0.29) is 17.5 Å². The van der Waals surface area contributed by atoms with Gasteiger partial charge in [0.05, 0.1) is 16.1 Å². The minimum Gasteiger partial charge on any atom is -0.345 e. The van der Waals surface area contributed by atoms with Crippen molar-refractivity contribution < 1.29 is 4.79 Å². The first-order valence-corrected chi connectivity index (χ1v) is 9.46. The van der Waals surface area contributed by atoms with Crippen LogP contribution in [-0.2, 0) is 6.54 Å². The number of aromatic nitrogens is 1. The van der Waals surface area contributed by atoms with Crippen molar-refractivity contribution in [3.63, 3.8) is 0 Å². The van der Waals surface area contributed by atoms with Gasteiger partial charge in [0.15, 0.2) is 0 Å². The van der Waals surface area contributed by atoms with Gasteiger partial charge in [-0.1, -0.05) is 44.2 Å². The molecule has 0 spiro atoms. The van der Waals surface area contributed by atoms with E-state index in [1.165, 1.54) is 0 Å². The second-order valence-corrected chi connectivity index (χ2v) is 6.99. The molecule has 1 aromatic heterocycles. The average molecular weight is 405 g/mol. The molecule has 1 N–H and O–H groups in total. The highest BCUT2D eigenvalue weighted by molar-refractivity contribution is 9.10. The summed E-state index contributed by atoms with van der Waals surface area (Å²) in [5.74, 6) is -0.142. The number of nitrogens with zero attached hydrogens (tertiary/aromatic N) is 1. The monoisotopic (exact) mass is 404 g/mol. The first-order chi connectivity index (χ1) is 11.9. The van der Waals surface area contributed by atoms with Gasteiger partial charge in [0.25, 0.3) is 11.5 Å². The number of nitrogens with one attached hydrogen (secondary N) is 1. The Balaban J connectivity index is 2.43. The Morgan fingerprint density at radius 3 is 2.40 bits per heavy atom. The van der Waals surface area contributed by atoms with Crippen LogP contribution >= 0.6 is 15.9 Å². The van der Waals surface area contributed by atoms with Crippen molar-refractivity contribution in [2.24, 2.45) is 0 Å². The molecule has 25 heavy (non-hydrogen) atoms. The standard InChI is InChI=1S/C20H25BrN2O2/c1-5-12-23-14(4)17(13(3)18(21)20(23)25)19(24)22-16(6-2)15-10-8-7-9-11-15/h7-11,16H,5-6,12H2,1-4H3,(H,22,24)/t16-/m0/s1. The maximum Gasteiger partial charge on any atom is 0.265 e. The van der Waals surface area contributed by atoms with E-state index in [1.807, 2.05) is 58.0 Å². The number of rotatable bonds is 6. The van der Waals surface area contributed by atoms with Crippen LogP contribution in [0.3, 0.4) is 0 Å². The Labute approximate surface area is 157 Å². The van der Waals surface area contributed by atoms with Crippen LogP contribution < -0.4 is 10.9 Å². The first kappa shape index (κ1) is 19.4. The van der Waals surface area contributed by atoms with Gasteiger partial charge in [-0.15, -0.1) is 0 Å². The van der Waals surface area contributed by atoms with Gasteiger partial charge in [0.2, 0.25) is 0 Å². The van der Waals surface area contributed by atoms with Gasteiger partial charge in [0, 0.05) is 12.2 Å². The van der Waals surface area contributed by atoms with Crippen molar-refractivity contribution in [2.45, 2.75) is 53.1 Å². The second-order valence-electron chi connectivity index (χ2n) is 6.20. The molecule has 1 amide bonds. The van der Waals surface area contributed by atoms with E-state index >= 15 is 0 Å². The molecular formula is C20H25BrN2O2. The van der Waals surface area contributed by atoms with Crippen molar-refractivity contribution in [3.8, 4) is 0 Å². The van der Waals surface area contributed by atoms with Crippen LogP contribution in [0.15, 0.2) is 39.6 Å². The van der Waals surface area contributed by atoms with Crippen LogP contribution in [0.25, 0.3) is 0 Å². The molecule has 2 aromatic rings. The zero-order valence-corrected chi connectivity index (χ0v) is 16.8. The van der Waals surface area contributed by atoms with Crippen molar-refractivity contribution in [1.29, 1.82) is 0 Å². The summed E-state index contributed by atoms with van der Waals surface area (Å²) in [6.45, 7) is 8.31. The van der Waals surface area contributed by atoms with E-state index in [4.69, 9.17) is 0 Å². The molecule has 5 heteroatoms. The number of halogens is 1. The number of hydrogen-bond donors (Lipinski definition) is 1. The molecule has 0 aliphatic carbocycles. The van der Waals surface area contributed by atoms with Gasteiger partial charge in [-0.2, -0.15) is 0 Å². The maximum absolute atomic E-state index is 13.0. The smallest absolute Gasteiger partial charge is 0.265 e. The number of benzene rings is 1. The molecule has 0 saturated heterocycles. The Morgan fingerprint density at radius 1 is 1.20 bits per heavy atom. The average Bonchev–Trinajstić information content (AvgIpc) is 2.62. The molecule has 0 aliphatic heterocycles. The number of carbonyl (C=O) groups excluding carboxylic acids is 1. The molecule has 134 valence electrons. The van der Waals surface area contributed by atoms with Gasteiger partial charge in [-0.3, -0.25) is 9.59 Å². The largest absolute Gasteiger partial charge is 0.345 e. The molecule has 1 heterocycles. The van der Waals surface area contributed by atoms with E-state index in [9.17, 15) is 9.59 Å². The Bertz CT molecular complexity index is 813. The summed E-state index contributed by atoms with van der Waals surface area (Å²) in [5, 5.41) is 3.12. The highest BCUT2D eigenvalue weighted by Crippen LogP contribution is 2.22. The molecule has 4 nitrogen and oxygen atoms in total. The third kappa shape index (κ3) is 4.03. The van der Waals surface area contributed by atoms with Crippen LogP contribution in [0.2, 0.25) is 0 Å². The third-order valence-corrected chi connectivity index (χ3v) is 5.43. The van der Waals surface area contributed by atoms with Gasteiger partial charge in [-0.05, 0) is 53.7 Å². The summed E-state index contributed by atoms with van der Waals surface area (Å²) in [5.41, 5.74) is 2.98. The third-order valence-electron chi connectivity index (χ3n) is 4.49. The van der Waals surface area contributed by atoms with Gasteiger partial charge >= 0.3 is 0 Å². The zero-order chi connectivity index (χ0) is 18.6. The van der Waals surface area contributed by atoms with Crippen molar-refractivity contribution in [1.82, 2.24) is 9.88 Å². The second kappa shape index (κ2) is 8.48. The Kier molecular flexibility index (Phi) is 6.59. The fourth-order valence-corrected chi connectivity index (χ4v) is 3.52. The van der Waals surface area contributed by atoms with Crippen molar-refractivity contribution in [3.05, 3.63) is 67.5 Å². The van der Waals surface area contributed by atoms with Crippen molar-refractivity contribution >= 4 is 21.8 Å². The maximum atomic E-state index is 13.0. The normalized spacial score (nSPS) is 12.0. The van der Waals surface area contributed by atoms with Gasteiger partial charge in [-0.25, -0.2) is 0 Å². The number of amides is 1. The fourth-order valence-electron chi connectivity index (χ4n) is 3.11. The predicted molar refractivity (Wildman–Crippen MR) is 105 cm³/mol. The van der Waals surface area contributed by atoms with Crippen LogP contribution in [0.1, 0.15) is 59.9 Å². The molecule has 0 aliphatic rings. The summed E-state index contributed by atoms with van der Waals surface area (Å²) in [7, 11) is 0. The van der Waals surface area contributed by atoms with E-state index in [0.29, 0.717) is 27.8 Å². The Morgan fingerprint density at radius 2 is 1.84 bits per heavy atom. The van der Waals surface area contributed by atoms with E-state index in [1.54, 1.807) is 4.57 Å². The lowest BCUT2D eigenvalue weighted by Crippen LogP contribution is -2.33. The summed E-state index contributed by atoms with van der Waals surface area (Å²) in [4.78, 5) is 25.5. The molecule has 1 atom stereocenters. The first-order valence-electron chi connectivity index (χ1n) is 8.67. The molecule has 1 aromatic carbocycles. The summed E-state index contributed by atoms with van der Waals surface area (Å²) in [6.07, 6.45) is 1.63. The highest BCUT2D eigenvalue weighted by Gasteiger charge is 2.22. The fraction of sp³-hybridized carbons (Fsp3) is 0.400. The number of pyridine rings is 1. The van der Waals surface area contributed by atoms with Gasteiger partial charge < -0.3 is 9.88 Å². The van der Waals surface area contributed by atoms with E-state index in [0.717, 1.165) is 18.4 Å². The lowest BCUT2D eigenvalue weighted by atomic mass is 10.0. The summed E-state index contributed by atoms with van der Waals surface area (Å²) >= 11 is 3.37. The number of hydrogen-bond acceptors (Lipinski definition) is 2. The molecular weight excluding hydrogens is 380 g/mol. The summed E-state index contributed by atoms with van der Waals surface area (Å²) < 4.78 is 2.14. The zero-order valence-electron chi connectivity index (χ0n) is 15.2. The van der Waals surface area contributed by atoms with Crippen molar-refractivity contribution in [2.75, 3.05) is 0 Å². The minimum absolute atomic E-state index is 0.0576. The van der Waals surface area contributed by atoms with Gasteiger partial charge in [0.1, 0.15) is 0 Å². The van der Waals surface area contributed by atoms with Crippen LogP contribution in [-0.4, -0.2) is 10.5 Å². The van der Waals surface area contributed by atoms with Crippen LogP contribution in [0, 0.1) is 13.8 Å². The minimum atomic E-state index is -0.142. The lowest BCUT2D eigenvalue weighted by Gasteiger charge is -2.21. The SMILES string of the molecule is CCCn1c(C)c(C(=O)N[C@@H](CC)c2ccccc2)c(C)c(Br)c1=O. The quantitative estimate of drug-likeness (QED) is 0.769. The molecule has 0 saturated carbocycles. The highest BCUT2D eigenvalue weighted by atomic mass is 79.9.